The van der Waals surface area contributed by atoms with Crippen LogP contribution in [0.5, 0.6) is 0 Å². The maximum Gasteiger partial charge on any atom is 0.371 e. The lowest BCUT2D eigenvalue weighted by atomic mass is 10.5. The minimum absolute atomic E-state index is 0.0262. The van der Waals surface area contributed by atoms with E-state index in [0.717, 1.165) is 11.7 Å². The van der Waals surface area contributed by atoms with E-state index >= 15 is 0 Å². The first-order chi connectivity index (χ1) is 7.25. The van der Waals surface area contributed by atoms with Gasteiger partial charge in [-0.25, -0.2) is 4.79 Å². The van der Waals surface area contributed by atoms with Crippen LogP contribution in [0.1, 0.15) is 37.2 Å². The summed E-state index contributed by atoms with van der Waals surface area (Å²) in [6, 6.07) is 3.22. The summed E-state index contributed by atoms with van der Waals surface area (Å²) in [7, 11) is 0. The van der Waals surface area contributed by atoms with Crippen LogP contribution >= 0.6 is 11.8 Å². The number of thioether (sulfide) groups is 1. The predicted molar refractivity (Wildman–Crippen MR) is 60.5 cm³/mol. The highest BCUT2D eigenvalue weighted by Gasteiger charge is 2.22. The second kappa shape index (κ2) is 5.85. The second-order valence-corrected chi connectivity index (χ2v) is 4.20. The molecule has 4 heteroatoms. The number of hydrogen-bond donors (Lipinski definition) is 1. The Hall–Kier alpha value is -0.900. The lowest BCUT2D eigenvalue weighted by molar-refractivity contribution is 0.0656. The fraction of sp³-hybridized carbons (Fsp3) is 0.545. The molecule has 0 amide bonds. The monoisotopic (exact) mass is 228 g/mol. The third-order valence-corrected chi connectivity index (χ3v) is 3.09. The third kappa shape index (κ3) is 4.00. The molecule has 1 aliphatic rings. The van der Waals surface area contributed by atoms with Gasteiger partial charge in [0.2, 0.25) is 5.76 Å². The van der Waals surface area contributed by atoms with Gasteiger partial charge in [-0.15, -0.1) is 0 Å². The number of rotatable bonds is 4. The SMILES string of the molecule is CC.O=C(O)c1ccc(SCC2CC2)o1. The molecule has 0 unspecified atom stereocenters. The van der Waals surface area contributed by atoms with Crippen LogP contribution < -0.4 is 0 Å². The van der Waals surface area contributed by atoms with E-state index in [1.807, 2.05) is 13.8 Å². The molecule has 1 aliphatic carbocycles. The number of carboxylic acid groups (broad SMARTS) is 1. The molecule has 0 saturated heterocycles. The molecule has 84 valence electrons. The van der Waals surface area contributed by atoms with Crippen molar-refractivity contribution in [2.24, 2.45) is 5.92 Å². The molecule has 15 heavy (non-hydrogen) atoms. The van der Waals surface area contributed by atoms with Crippen molar-refractivity contribution < 1.29 is 14.3 Å². The van der Waals surface area contributed by atoms with Gasteiger partial charge >= 0.3 is 5.97 Å². The Balaban J connectivity index is 0.000000531. The van der Waals surface area contributed by atoms with Gasteiger partial charge in [0, 0.05) is 5.75 Å². The van der Waals surface area contributed by atoms with Crippen LogP contribution in [0.25, 0.3) is 0 Å². The number of hydrogen-bond acceptors (Lipinski definition) is 3. The van der Waals surface area contributed by atoms with Crippen molar-refractivity contribution in [3.8, 4) is 0 Å². The highest BCUT2D eigenvalue weighted by Crippen LogP contribution is 2.35. The molecule has 1 fully saturated rings. The van der Waals surface area contributed by atoms with E-state index in [9.17, 15) is 4.79 Å². The first-order valence-electron chi connectivity index (χ1n) is 5.21. The maximum absolute atomic E-state index is 10.5. The quantitative estimate of drug-likeness (QED) is 0.801. The van der Waals surface area contributed by atoms with Crippen LogP contribution in [-0.4, -0.2) is 16.8 Å². The molecule has 0 bridgehead atoms. The third-order valence-electron chi connectivity index (χ3n) is 1.95. The van der Waals surface area contributed by atoms with E-state index < -0.39 is 5.97 Å². The van der Waals surface area contributed by atoms with Crippen molar-refractivity contribution in [2.75, 3.05) is 5.75 Å². The van der Waals surface area contributed by atoms with Gasteiger partial charge in [-0.3, -0.25) is 0 Å². The molecular formula is C11H16O3S. The number of carbonyl (C=O) groups is 1. The van der Waals surface area contributed by atoms with Gasteiger partial charge in [0.05, 0.1) is 0 Å². The summed E-state index contributed by atoms with van der Waals surface area (Å²) in [5.74, 6) is 0.895. The van der Waals surface area contributed by atoms with Crippen LogP contribution in [0.4, 0.5) is 0 Å². The first kappa shape index (κ1) is 12.2. The molecular weight excluding hydrogens is 212 g/mol. The van der Waals surface area contributed by atoms with Crippen LogP contribution in [-0.2, 0) is 0 Å². The van der Waals surface area contributed by atoms with Crippen molar-refractivity contribution in [1.29, 1.82) is 0 Å². The minimum Gasteiger partial charge on any atom is -0.475 e. The lowest BCUT2D eigenvalue weighted by Crippen LogP contribution is -1.91. The van der Waals surface area contributed by atoms with Crippen molar-refractivity contribution in [1.82, 2.24) is 0 Å². The predicted octanol–water partition coefficient (Wildman–Crippen LogP) is 3.51. The molecule has 1 aromatic heterocycles. The Morgan fingerprint density at radius 1 is 1.53 bits per heavy atom. The molecule has 0 aromatic carbocycles. The van der Waals surface area contributed by atoms with Crippen molar-refractivity contribution in [2.45, 2.75) is 31.8 Å². The van der Waals surface area contributed by atoms with Crippen molar-refractivity contribution >= 4 is 17.7 Å². The number of carboxylic acids is 1. The first-order valence-corrected chi connectivity index (χ1v) is 6.20. The van der Waals surface area contributed by atoms with Gasteiger partial charge in [-0.1, -0.05) is 25.6 Å². The van der Waals surface area contributed by atoms with E-state index in [-0.39, 0.29) is 5.76 Å². The van der Waals surface area contributed by atoms with Gasteiger partial charge < -0.3 is 9.52 Å². The van der Waals surface area contributed by atoms with Crippen LogP contribution in [0.15, 0.2) is 21.6 Å². The summed E-state index contributed by atoms with van der Waals surface area (Å²) >= 11 is 1.60. The minimum atomic E-state index is -1.00. The maximum atomic E-state index is 10.5. The molecule has 1 saturated carbocycles. The number of furan rings is 1. The Morgan fingerprint density at radius 2 is 2.20 bits per heavy atom. The highest BCUT2D eigenvalue weighted by molar-refractivity contribution is 7.99. The second-order valence-electron chi connectivity index (χ2n) is 3.18. The van der Waals surface area contributed by atoms with E-state index in [0.29, 0.717) is 5.09 Å². The van der Waals surface area contributed by atoms with Crippen molar-refractivity contribution in [3.63, 3.8) is 0 Å². The van der Waals surface area contributed by atoms with E-state index in [4.69, 9.17) is 9.52 Å². The molecule has 1 N–H and O–H groups in total. The number of aromatic carboxylic acids is 1. The molecule has 0 atom stereocenters. The average Bonchev–Trinajstić information content (AvgIpc) is 2.95. The largest absolute Gasteiger partial charge is 0.475 e. The van der Waals surface area contributed by atoms with Gasteiger partial charge in [0.15, 0.2) is 5.09 Å². The van der Waals surface area contributed by atoms with E-state index in [1.165, 1.54) is 18.9 Å². The van der Waals surface area contributed by atoms with E-state index in [1.54, 1.807) is 17.8 Å². The lowest BCUT2D eigenvalue weighted by Gasteiger charge is -1.93. The fourth-order valence-corrected chi connectivity index (χ4v) is 2.04. The van der Waals surface area contributed by atoms with E-state index in [2.05, 4.69) is 0 Å². The summed E-state index contributed by atoms with van der Waals surface area (Å²) in [5, 5.41) is 9.30. The van der Waals surface area contributed by atoms with Gasteiger partial charge in [0.1, 0.15) is 0 Å². The van der Waals surface area contributed by atoms with Crippen LogP contribution in [0, 0.1) is 5.92 Å². The summed E-state index contributed by atoms with van der Waals surface area (Å²) in [6.45, 7) is 4.00. The van der Waals surface area contributed by atoms with Crippen LogP contribution in [0.2, 0.25) is 0 Å². The standard InChI is InChI=1S/C9H10O3S.C2H6/c10-9(11)7-3-4-8(12-7)13-5-6-1-2-6;1-2/h3-4,6H,1-2,5H2,(H,10,11);1-2H3. The Labute approximate surface area is 93.9 Å². The topological polar surface area (TPSA) is 50.4 Å². The fourth-order valence-electron chi connectivity index (χ4n) is 0.997. The molecule has 1 aromatic rings. The van der Waals surface area contributed by atoms with Gasteiger partial charge in [0.25, 0.3) is 0 Å². The molecule has 0 aliphatic heterocycles. The normalized spacial score (nSPS) is 14.3. The highest BCUT2D eigenvalue weighted by atomic mass is 32.2. The van der Waals surface area contributed by atoms with Crippen LogP contribution in [0.3, 0.4) is 0 Å². The Kier molecular flexibility index (Phi) is 4.75. The zero-order chi connectivity index (χ0) is 11.3. The Morgan fingerprint density at radius 3 is 2.67 bits per heavy atom. The van der Waals surface area contributed by atoms with Gasteiger partial charge in [-0.2, -0.15) is 0 Å². The molecule has 1 heterocycles. The summed E-state index contributed by atoms with van der Waals surface area (Å²) in [6.07, 6.45) is 2.61. The average molecular weight is 228 g/mol. The Bertz CT molecular complexity index is 315. The zero-order valence-electron chi connectivity index (χ0n) is 9.03. The zero-order valence-corrected chi connectivity index (χ0v) is 9.84. The smallest absolute Gasteiger partial charge is 0.371 e. The van der Waals surface area contributed by atoms with Gasteiger partial charge in [-0.05, 0) is 30.9 Å². The summed E-state index contributed by atoms with van der Waals surface area (Å²) in [4.78, 5) is 10.5. The molecule has 3 nitrogen and oxygen atoms in total. The van der Waals surface area contributed by atoms with Crippen molar-refractivity contribution in [3.05, 3.63) is 17.9 Å². The molecule has 0 spiro atoms. The summed E-state index contributed by atoms with van der Waals surface area (Å²) < 4.78 is 5.09. The molecule has 2 rings (SSSR count). The molecule has 0 radical (unpaired) electrons. The summed E-state index contributed by atoms with van der Waals surface area (Å²) in [5.41, 5.74) is 0.